The van der Waals surface area contributed by atoms with E-state index in [1.54, 1.807) is 0 Å². The van der Waals surface area contributed by atoms with E-state index in [1.807, 2.05) is 0 Å². The van der Waals surface area contributed by atoms with Crippen LogP contribution in [-0.4, -0.2) is 33.4 Å². The Morgan fingerprint density at radius 2 is 2.09 bits per heavy atom. The van der Waals surface area contributed by atoms with E-state index in [1.165, 1.54) is 18.4 Å². The zero-order chi connectivity index (χ0) is 14.1. The molecular weight excluding hydrogens is 319 g/mol. The largest absolute Gasteiger partial charge is 0.328 e. The van der Waals surface area contributed by atoms with Crippen LogP contribution in [0.25, 0.3) is 5.65 Å². The van der Waals surface area contributed by atoms with Crippen LogP contribution in [0.1, 0.15) is 31.0 Å². The molecule has 0 aliphatic carbocycles. The van der Waals surface area contributed by atoms with E-state index in [-0.39, 0.29) is 24.8 Å². The summed E-state index contributed by atoms with van der Waals surface area (Å²) in [5.41, 5.74) is 9.50. The highest BCUT2D eigenvalue weighted by Crippen LogP contribution is 2.20. The lowest BCUT2D eigenvalue weighted by atomic mass is 9.92. The molecule has 22 heavy (non-hydrogen) atoms. The molecule has 1 fully saturated rings. The van der Waals surface area contributed by atoms with Gasteiger partial charge in [0.25, 0.3) is 0 Å². The van der Waals surface area contributed by atoms with E-state index >= 15 is 0 Å². The predicted molar refractivity (Wildman–Crippen MR) is 96.1 cm³/mol. The number of aryl methyl sites for hydroxylation is 1. The van der Waals surface area contributed by atoms with Crippen LogP contribution in [0.4, 0.5) is 0 Å². The fourth-order valence-electron chi connectivity index (χ4n) is 3.12. The van der Waals surface area contributed by atoms with E-state index in [2.05, 4.69) is 47.7 Å². The summed E-state index contributed by atoms with van der Waals surface area (Å²) in [6, 6.07) is 4.49. The van der Waals surface area contributed by atoms with Crippen LogP contribution >= 0.6 is 24.8 Å². The van der Waals surface area contributed by atoms with Gasteiger partial charge < -0.3 is 10.1 Å². The van der Waals surface area contributed by atoms with E-state index < -0.39 is 0 Å². The SMILES string of the molecule is Cc1ccc2nc(CN3CCCC(C(C)N)C3)cn2c1.Cl.Cl. The second-order valence-electron chi connectivity index (χ2n) is 6.20. The van der Waals surface area contributed by atoms with Gasteiger partial charge in [-0.3, -0.25) is 4.90 Å². The molecule has 0 radical (unpaired) electrons. The summed E-state index contributed by atoms with van der Waals surface area (Å²) in [6.45, 7) is 7.43. The maximum Gasteiger partial charge on any atom is 0.137 e. The van der Waals surface area contributed by atoms with Crippen LogP contribution in [0.3, 0.4) is 0 Å². The third-order valence-electron chi connectivity index (χ3n) is 4.32. The third-order valence-corrected chi connectivity index (χ3v) is 4.32. The zero-order valence-corrected chi connectivity index (χ0v) is 14.9. The van der Waals surface area contributed by atoms with Crippen molar-refractivity contribution >= 4 is 30.5 Å². The van der Waals surface area contributed by atoms with Gasteiger partial charge in [0.05, 0.1) is 5.69 Å². The normalized spacial score (nSPS) is 20.2. The molecule has 2 N–H and O–H groups in total. The average Bonchev–Trinajstić information content (AvgIpc) is 2.80. The van der Waals surface area contributed by atoms with Crippen LogP contribution in [-0.2, 0) is 6.54 Å². The highest BCUT2D eigenvalue weighted by molar-refractivity contribution is 5.85. The molecule has 2 atom stereocenters. The molecule has 2 unspecified atom stereocenters. The summed E-state index contributed by atoms with van der Waals surface area (Å²) in [4.78, 5) is 7.20. The van der Waals surface area contributed by atoms with Crippen molar-refractivity contribution in [1.82, 2.24) is 14.3 Å². The second-order valence-corrected chi connectivity index (χ2v) is 6.20. The Morgan fingerprint density at radius 1 is 1.32 bits per heavy atom. The van der Waals surface area contributed by atoms with Crippen LogP contribution in [0, 0.1) is 12.8 Å². The van der Waals surface area contributed by atoms with Gasteiger partial charge in [0.2, 0.25) is 0 Å². The molecule has 2 aromatic rings. The van der Waals surface area contributed by atoms with Crippen molar-refractivity contribution in [2.24, 2.45) is 11.7 Å². The third kappa shape index (κ3) is 4.35. The van der Waals surface area contributed by atoms with E-state index in [0.29, 0.717) is 12.0 Å². The lowest BCUT2D eigenvalue weighted by Crippen LogP contribution is -2.41. The van der Waals surface area contributed by atoms with Gasteiger partial charge in [-0.25, -0.2) is 4.98 Å². The first-order chi connectivity index (χ1) is 9.61. The van der Waals surface area contributed by atoms with Gasteiger partial charge in [-0.15, -0.1) is 24.8 Å². The number of hydrogen-bond donors (Lipinski definition) is 1. The van der Waals surface area contributed by atoms with E-state index in [0.717, 1.165) is 31.0 Å². The van der Waals surface area contributed by atoms with Crippen molar-refractivity contribution in [2.75, 3.05) is 13.1 Å². The summed E-state index contributed by atoms with van der Waals surface area (Å²) in [5, 5.41) is 0. The molecule has 0 spiro atoms. The standard InChI is InChI=1S/C16H24N4.2ClH/c1-12-5-6-16-18-15(11-20(16)8-12)10-19-7-3-4-14(9-19)13(2)17;;/h5-6,8,11,13-14H,3-4,7,9-10,17H2,1-2H3;2*1H. The lowest BCUT2D eigenvalue weighted by molar-refractivity contribution is 0.153. The smallest absolute Gasteiger partial charge is 0.137 e. The number of pyridine rings is 1. The minimum absolute atomic E-state index is 0. The van der Waals surface area contributed by atoms with Crippen molar-refractivity contribution in [3.05, 3.63) is 35.8 Å². The monoisotopic (exact) mass is 344 g/mol. The molecule has 0 amide bonds. The minimum atomic E-state index is 0. The summed E-state index contributed by atoms with van der Waals surface area (Å²) in [6.07, 6.45) is 6.79. The Labute approximate surface area is 144 Å². The van der Waals surface area contributed by atoms with Crippen molar-refractivity contribution in [3.8, 4) is 0 Å². The number of likely N-dealkylation sites (tertiary alicyclic amines) is 1. The molecule has 0 aromatic carbocycles. The molecule has 124 valence electrons. The van der Waals surface area contributed by atoms with Gasteiger partial charge in [0.15, 0.2) is 0 Å². The Kier molecular flexibility index (Phi) is 7.13. The van der Waals surface area contributed by atoms with Gasteiger partial charge in [0, 0.05) is 31.5 Å². The molecule has 3 rings (SSSR count). The fraction of sp³-hybridized carbons (Fsp3) is 0.562. The second kappa shape index (κ2) is 8.16. The number of nitrogens with zero attached hydrogens (tertiary/aromatic N) is 3. The zero-order valence-electron chi connectivity index (χ0n) is 13.2. The van der Waals surface area contributed by atoms with Crippen molar-refractivity contribution < 1.29 is 0 Å². The predicted octanol–water partition coefficient (Wildman–Crippen LogP) is 3.05. The molecule has 6 heteroatoms. The number of aromatic nitrogens is 2. The number of imidazole rings is 1. The highest BCUT2D eigenvalue weighted by Gasteiger charge is 2.23. The number of halogens is 2. The first-order valence-corrected chi connectivity index (χ1v) is 7.54. The van der Waals surface area contributed by atoms with Gasteiger partial charge in [-0.2, -0.15) is 0 Å². The molecule has 4 nitrogen and oxygen atoms in total. The van der Waals surface area contributed by atoms with Crippen molar-refractivity contribution in [2.45, 2.75) is 39.3 Å². The van der Waals surface area contributed by atoms with Gasteiger partial charge in [0.1, 0.15) is 5.65 Å². The highest BCUT2D eigenvalue weighted by atomic mass is 35.5. The summed E-state index contributed by atoms with van der Waals surface area (Å²) in [7, 11) is 0. The topological polar surface area (TPSA) is 46.6 Å². The van der Waals surface area contributed by atoms with Crippen molar-refractivity contribution in [1.29, 1.82) is 0 Å². The van der Waals surface area contributed by atoms with Crippen molar-refractivity contribution in [3.63, 3.8) is 0 Å². The number of fused-ring (bicyclic) bond motifs is 1. The first-order valence-electron chi connectivity index (χ1n) is 7.54. The Hall–Kier alpha value is -0.810. The molecule has 1 aliphatic heterocycles. The first kappa shape index (κ1) is 19.2. The summed E-state index contributed by atoms with van der Waals surface area (Å²) in [5.74, 6) is 0.628. The van der Waals surface area contributed by atoms with Gasteiger partial charge in [-0.1, -0.05) is 6.07 Å². The van der Waals surface area contributed by atoms with Gasteiger partial charge >= 0.3 is 0 Å². The van der Waals surface area contributed by atoms with Crippen LogP contribution in [0.5, 0.6) is 0 Å². The van der Waals surface area contributed by atoms with E-state index in [9.17, 15) is 0 Å². The number of piperidine rings is 1. The van der Waals surface area contributed by atoms with Crippen LogP contribution in [0.2, 0.25) is 0 Å². The average molecular weight is 345 g/mol. The summed E-state index contributed by atoms with van der Waals surface area (Å²) >= 11 is 0. The maximum atomic E-state index is 6.05. The quantitative estimate of drug-likeness (QED) is 0.930. The molecular formula is C16H26Cl2N4. The number of hydrogen-bond acceptors (Lipinski definition) is 3. The number of rotatable bonds is 3. The Bertz CT molecular complexity index is 597. The van der Waals surface area contributed by atoms with E-state index in [4.69, 9.17) is 10.7 Å². The molecule has 1 saturated heterocycles. The molecule has 1 aliphatic rings. The molecule has 2 aromatic heterocycles. The number of nitrogens with two attached hydrogens (primary N) is 1. The van der Waals surface area contributed by atoms with Gasteiger partial charge in [-0.05, 0) is 50.8 Å². The molecule has 0 bridgehead atoms. The summed E-state index contributed by atoms with van der Waals surface area (Å²) < 4.78 is 2.12. The maximum absolute atomic E-state index is 6.05. The van der Waals surface area contributed by atoms with Crippen LogP contribution < -0.4 is 5.73 Å². The molecule has 3 heterocycles. The molecule has 0 saturated carbocycles. The lowest BCUT2D eigenvalue weighted by Gasteiger charge is -2.34. The van der Waals surface area contributed by atoms with Crippen LogP contribution in [0.15, 0.2) is 24.5 Å². The minimum Gasteiger partial charge on any atom is -0.328 e. The fourth-order valence-corrected chi connectivity index (χ4v) is 3.12. The Balaban J connectivity index is 0.00000121. The Morgan fingerprint density at radius 3 is 2.82 bits per heavy atom.